The van der Waals surface area contributed by atoms with Crippen LogP contribution in [0, 0.1) is 0 Å². The maximum absolute atomic E-state index is 14.3. The number of carbonyl (C=O) groups excluding carboxylic acids is 4. The third-order valence-electron chi connectivity index (χ3n) is 13.8. The van der Waals surface area contributed by atoms with Gasteiger partial charge in [-0.1, -0.05) is 109 Å². The van der Waals surface area contributed by atoms with Crippen molar-refractivity contribution >= 4 is 23.9 Å². The van der Waals surface area contributed by atoms with Crippen LogP contribution in [-0.2, 0) is 9.59 Å². The van der Waals surface area contributed by atoms with E-state index in [-0.39, 0.29) is 49.0 Å². The van der Waals surface area contributed by atoms with Gasteiger partial charge < -0.3 is 50.4 Å². The number of imidazole rings is 2. The Morgan fingerprint density at radius 2 is 0.897 bits per heavy atom. The third kappa shape index (κ3) is 9.33. The van der Waals surface area contributed by atoms with Crippen molar-refractivity contribution < 1.29 is 29.4 Å². The summed E-state index contributed by atoms with van der Waals surface area (Å²) in [6.07, 6.45) is 6.60. The molecule has 6 N–H and O–H groups in total. The van der Waals surface area contributed by atoms with E-state index in [1.165, 1.54) is 0 Å². The summed E-state index contributed by atoms with van der Waals surface area (Å²) in [7, 11) is 0. The van der Waals surface area contributed by atoms with E-state index in [1.807, 2.05) is 70.5 Å². The highest BCUT2D eigenvalue weighted by Crippen LogP contribution is 2.37. The quantitative estimate of drug-likeness (QED) is 0.0846. The van der Waals surface area contributed by atoms with Gasteiger partial charge in [-0.3, -0.25) is 9.59 Å². The van der Waals surface area contributed by atoms with E-state index in [1.54, 1.807) is 22.2 Å². The lowest BCUT2D eigenvalue weighted by Crippen LogP contribution is -2.47. The number of aromatic nitrogens is 4. The topological polar surface area (TPSA) is 203 Å². The predicted molar refractivity (Wildman–Crippen MR) is 254 cm³/mol. The first-order valence-corrected chi connectivity index (χ1v) is 23.7. The summed E-state index contributed by atoms with van der Waals surface area (Å²) in [4.78, 5) is 78.3. The van der Waals surface area contributed by atoms with E-state index in [9.17, 15) is 29.4 Å². The Labute approximate surface area is 394 Å². The van der Waals surface area contributed by atoms with Crippen LogP contribution >= 0.6 is 0 Å². The third-order valence-corrected chi connectivity index (χ3v) is 13.8. The zero-order chi connectivity index (χ0) is 46.7. The lowest BCUT2D eigenvalue weighted by Gasteiger charge is -2.30. The van der Waals surface area contributed by atoms with Gasteiger partial charge in [0.1, 0.15) is 23.7 Å². The number of nitrogens with one attached hydrogen (secondary N) is 4. The molecule has 16 heteroatoms. The molecule has 0 bridgehead atoms. The van der Waals surface area contributed by atoms with Crippen LogP contribution in [0.4, 0.5) is 9.59 Å². The molecule has 4 aliphatic heterocycles. The molecule has 0 spiro atoms. The van der Waals surface area contributed by atoms with Crippen LogP contribution in [0.3, 0.4) is 0 Å². The van der Waals surface area contributed by atoms with Crippen LogP contribution in [0.1, 0.15) is 85.5 Å². The van der Waals surface area contributed by atoms with Crippen LogP contribution in [0.15, 0.2) is 122 Å². The van der Waals surface area contributed by atoms with Crippen LogP contribution in [0.2, 0.25) is 0 Å². The van der Waals surface area contributed by atoms with Crippen LogP contribution < -0.4 is 10.6 Å². The highest BCUT2D eigenvalue weighted by atomic mass is 16.3. The van der Waals surface area contributed by atoms with Gasteiger partial charge in [0.15, 0.2) is 0 Å². The van der Waals surface area contributed by atoms with Crippen molar-refractivity contribution in [2.45, 2.75) is 74.9 Å². The molecular weight excluding hydrogens is 861 g/mol. The van der Waals surface area contributed by atoms with E-state index in [0.717, 1.165) is 59.3 Å². The molecule has 16 nitrogen and oxygen atoms in total. The second-order valence-corrected chi connectivity index (χ2v) is 18.3. The number of likely N-dealkylation sites (tertiary alicyclic amines) is 4. The zero-order valence-electron chi connectivity index (χ0n) is 37.7. The number of aliphatic hydroxyl groups is 2. The van der Waals surface area contributed by atoms with E-state index < -0.39 is 24.3 Å². The van der Waals surface area contributed by atoms with E-state index >= 15 is 0 Å². The van der Waals surface area contributed by atoms with Crippen LogP contribution in [0.5, 0.6) is 0 Å². The highest BCUT2D eigenvalue weighted by molar-refractivity contribution is 5.90. The summed E-state index contributed by atoms with van der Waals surface area (Å²) in [5.41, 5.74) is 7.05. The maximum Gasteiger partial charge on any atom is 0.318 e. The second-order valence-electron chi connectivity index (χ2n) is 18.3. The van der Waals surface area contributed by atoms with Gasteiger partial charge in [0, 0.05) is 39.3 Å². The maximum atomic E-state index is 14.3. The fourth-order valence-corrected chi connectivity index (χ4v) is 10.1. The average molecular weight is 917 g/mol. The van der Waals surface area contributed by atoms with Gasteiger partial charge in [-0.25, -0.2) is 19.6 Å². The first kappa shape index (κ1) is 44.5. The van der Waals surface area contributed by atoms with Crippen molar-refractivity contribution in [1.29, 1.82) is 0 Å². The normalized spacial score (nSPS) is 21.3. The number of hydrogen-bond donors (Lipinski definition) is 6. The number of H-pyrrole nitrogens is 2. The number of aliphatic hydroxyl groups excluding tert-OH is 2. The fourth-order valence-electron chi connectivity index (χ4n) is 10.1. The minimum atomic E-state index is -0.880. The van der Waals surface area contributed by atoms with Crippen LogP contribution in [0.25, 0.3) is 33.6 Å². The number of urea groups is 2. The Morgan fingerprint density at radius 1 is 0.515 bits per heavy atom. The summed E-state index contributed by atoms with van der Waals surface area (Å²) >= 11 is 0. The molecule has 4 aliphatic rings. The molecule has 4 saturated heterocycles. The monoisotopic (exact) mass is 916 g/mol. The molecule has 0 saturated carbocycles. The molecule has 2 aromatic heterocycles. The molecule has 4 aromatic carbocycles. The molecule has 0 aliphatic carbocycles. The molecule has 6 amide bonds. The Kier molecular flexibility index (Phi) is 12.8. The zero-order valence-corrected chi connectivity index (χ0v) is 37.7. The van der Waals surface area contributed by atoms with Gasteiger partial charge in [0.05, 0.1) is 48.1 Å². The number of amides is 6. The standard InChI is InChI=1S/C52H56N10O6/c63-39-23-27-59(31-39)51(67)57-45(37-9-3-1-4-10-37)49(65)61-25-7-13-43(61)47-53-29-41(55-47)35-19-15-33(16-20-35)34-17-21-36(22-18-34)42-30-54-48(56-42)44-14-8-26-62(44)50(66)46(38-11-5-2-6-12-38)58-52(68)60-28-24-40(64)32-60/h1-6,9-12,15-22,29-30,39-40,43-46,63-64H,7-8,13-14,23-28,31-32H2,(H,53,55)(H,54,56)(H,57,67)(H,58,68)/t39-,40-,43+,44+,45-,46-/m1/s1. The van der Waals surface area contributed by atoms with Gasteiger partial charge in [-0.05, 0) is 71.9 Å². The van der Waals surface area contributed by atoms with Gasteiger partial charge in [0.2, 0.25) is 11.8 Å². The van der Waals surface area contributed by atoms with Gasteiger partial charge in [-0.2, -0.15) is 0 Å². The number of β-amino-alcohol motifs (C(OH)–C–C–N with tert-alkyl or cyclic N) is 2. The summed E-state index contributed by atoms with van der Waals surface area (Å²) in [6.45, 7) is 2.44. The first-order chi connectivity index (χ1) is 33.2. The van der Waals surface area contributed by atoms with E-state index in [0.29, 0.717) is 61.8 Å². The van der Waals surface area contributed by atoms with Crippen molar-refractivity contribution in [3.63, 3.8) is 0 Å². The summed E-state index contributed by atoms with van der Waals surface area (Å²) in [5.74, 6) is 0.996. The Hall–Kier alpha value is -7.30. The van der Waals surface area contributed by atoms with Crippen molar-refractivity contribution in [3.8, 4) is 33.6 Å². The first-order valence-electron chi connectivity index (χ1n) is 23.7. The van der Waals surface area contributed by atoms with Crippen LogP contribution in [-0.4, -0.2) is 125 Å². The minimum absolute atomic E-state index is 0.197. The molecule has 6 aromatic rings. The molecular formula is C52H56N10O6. The molecule has 10 rings (SSSR count). The molecule has 0 radical (unpaired) electrons. The van der Waals surface area contributed by atoms with Crippen molar-refractivity contribution in [1.82, 2.24) is 50.2 Å². The summed E-state index contributed by atoms with van der Waals surface area (Å²) in [6, 6.07) is 32.0. The number of carbonyl (C=O) groups is 4. The minimum Gasteiger partial charge on any atom is -0.391 e. The highest BCUT2D eigenvalue weighted by Gasteiger charge is 2.40. The summed E-state index contributed by atoms with van der Waals surface area (Å²) < 4.78 is 0. The number of hydrogen-bond acceptors (Lipinski definition) is 8. The molecule has 0 unspecified atom stereocenters. The van der Waals surface area contributed by atoms with E-state index in [4.69, 9.17) is 9.97 Å². The number of aromatic amines is 2. The fraction of sp³-hybridized carbons (Fsp3) is 0.346. The summed E-state index contributed by atoms with van der Waals surface area (Å²) in [5, 5.41) is 26.0. The second kappa shape index (κ2) is 19.5. The molecule has 6 heterocycles. The lowest BCUT2D eigenvalue weighted by molar-refractivity contribution is -0.135. The van der Waals surface area contributed by atoms with Gasteiger partial charge in [0.25, 0.3) is 0 Å². The lowest BCUT2D eigenvalue weighted by atomic mass is 10.0. The predicted octanol–water partition coefficient (Wildman–Crippen LogP) is 6.50. The van der Waals surface area contributed by atoms with Crippen molar-refractivity contribution in [2.75, 3.05) is 39.3 Å². The van der Waals surface area contributed by atoms with Gasteiger partial charge in [-0.15, -0.1) is 0 Å². The Balaban J connectivity index is 0.790. The smallest absolute Gasteiger partial charge is 0.318 e. The van der Waals surface area contributed by atoms with Gasteiger partial charge >= 0.3 is 12.1 Å². The molecule has 350 valence electrons. The van der Waals surface area contributed by atoms with Crippen molar-refractivity contribution in [2.24, 2.45) is 0 Å². The molecule has 6 atom stereocenters. The number of rotatable bonds is 11. The largest absolute Gasteiger partial charge is 0.391 e. The Morgan fingerprint density at radius 3 is 1.26 bits per heavy atom. The molecule has 68 heavy (non-hydrogen) atoms. The van der Waals surface area contributed by atoms with Crippen molar-refractivity contribution in [3.05, 3.63) is 144 Å². The Bertz CT molecular complexity index is 2540. The molecule has 4 fully saturated rings. The van der Waals surface area contributed by atoms with E-state index in [2.05, 4.69) is 69.1 Å². The SMILES string of the molecule is O=C(N[C@@H](C(=O)N1CCC[C@H]1c1ncc(-c2ccc(-c3ccc(-c4cnc([C@@H]5CCCN5C(=O)[C@H](NC(=O)N5CC[C@@H](O)C5)c5ccccc5)[nH]4)cc3)cc2)[nH]1)c1ccccc1)N1CC[C@@H](O)C1. The number of benzene rings is 4. The average Bonchev–Trinajstić information content (AvgIpc) is 4.24. The number of nitrogens with zero attached hydrogens (tertiary/aromatic N) is 6.